The molecule has 0 bridgehead atoms. The standard InChI is InChI=1S/C20H20N2O5S/c1-25-15-4-6-17-14(11-15)10-13-8-9-22(20(13)21-17)28(23,24)19-7-5-16(26-2)12-18(19)27-3/h4-7,10-12H,8-9H2,1-3H3. The molecule has 4 rings (SSSR count). The fourth-order valence-electron chi connectivity index (χ4n) is 3.38. The van der Waals surface area contributed by atoms with Crippen LogP contribution in [0.2, 0.25) is 0 Å². The molecule has 1 aromatic heterocycles. The molecule has 0 spiro atoms. The number of pyridine rings is 1. The molecule has 0 amide bonds. The van der Waals surface area contributed by atoms with Gasteiger partial charge in [-0.05, 0) is 48.4 Å². The SMILES string of the molecule is COc1ccc(S(=O)(=O)N2CCc3cc4cc(OC)ccc4nc32)c(OC)c1. The third kappa shape index (κ3) is 2.90. The second kappa shape index (κ2) is 6.87. The molecule has 7 nitrogen and oxygen atoms in total. The van der Waals surface area contributed by atoms with E-state index in [0.29, 0.717) is 30.0 Å². The molecule has 0 saturated heterocycles. The number of rotatable bonds is 5. The number of ether oxygens (including phenoxy) is 3. The normalized spacial score (nSPS) is 13.5. The molecule has 0 N–H and O–H groups in total. The van der Waals surface area contributed by atoms with Crippen LogP contribution in [0.15, 0.2) is 47.4 Å². The molecule has 28 heavy (non-hydrogen) atoms. The predicted molar refractivity (Wildman–Crippen MR) is 106 cm³/mol. The Morgan fingerprint density at radius 2 is 1.64 bits per heavy atom. The number of fused-ring (bicyclic) bond motifs is 2. The molecule has 0 saturated carbocycles. The van der Waals surface area contributed by atoms with Gasteiger partial charge in [0, 0.05) is 18.0 Å². The highest BCUT2D eigenvalue weighted by atomic mass is 32.2. The maximum absolute atomic E-state index is 13.4. The van der Waals surface area contributed by atoms with Gasteiger partial charge >= 0.3 is 0 Å². The van der Waals surface area contributed by atoms with E-state index in [9.17, 15) is 8.42 Å². The molecule has 1 aliphatic heterocycles. The number of nitrogens with zero attached hydrogens (tertiary/aromatic N) is 2. The lowest BCUT2D eigenvalue weighted by molar-refractivity contribution is 0.386. The molecule has 0 radical (unpaired) electrons. The largest absolute Gasteiger partial charge is 0.497 e. The van der Waals surface area contributed by atoms with Crippen LogP contribution in [0.25, 0.3) is 10.9 Å². The highest BCUT2D eigenvalue weighted by Crippen LogP contribution is 2.37. The zero-order valence-corrected chi connectivity index (χ0v) is 16.6. The van der Waals surface area contributed by atoms with E-state index in [4.69, 9.17) is 14.2 Å². The van der Waals surface area contributed by atoms with Gasteiger partial charge in [0.15, 0.2) is 0 Å². The molecule has 0 atom stereocenters. The molecule has 2 aromatic carbocycles. The Morgan fingerprint density at radius 3 is 2.36 bits per heavy atom. The quantitative estimate of drug-likeness (QED) is 0.655. The Bertz CT molecular complexity index is 1160. The second-order valence-electron chi connectivity index (χ2n) is 6.37. The van der Waals surface area contributed by atoms with Gasteiger partial charge in [-0.2, -0.15) is 0 Å². The summed E-state index contributed by atoms with van der Waals surface area (Å²) in [5, 5.41) is 0.916. The lowest BCUT2D eigenvalue weighted by atomic mass is 10.1. The van der Waals surface area contributed by atoms with Crippen molar-refractivity contribution in [2.24, 2.45) is 0 Å². The Labute approximate surface area is 163 Å². The third-order valence-corrected chi connectivity index (χ3v) is 6.67. The van der Waals surface area contributed by atoms with E-state index in [-0.39, 0.29) is 10.6 Å². The van der Waals surface area contributed by atoms with E-state index in [0.717, 1.165) is 16.7 Å². The summed E-state index contributed by atoms with van der Waals surface area (Å²) in [5.74, 6) is 1.95. The minimum atomic E-state index is -3.84. The van der Waals surface area contributed by atoms with E-state index in [1.807, 2.05) is 24.3 Å². The number of hydrogen-bond donors (Lipinski definition) is 0. The lowest BCUT2D eigenvalue weighted by Crippen LogP contribution is -2.30. The van der Waals surface area contributed by atoms with Gasteiger partial charge in [-0.25, -0.2) is 17.7 Å². The number of methoxy groups -OCH3 is 3. The molecule has 0 unspecified atom stereocenters. The number of hydrogen-bond acceptors (Lipinski definition) is 6. The van der Waals surface area contributed by atoms with E-state index < -0.39 is 10.0 Å². The van der Waals surface area contributed by atoms with Crippen molar-refractivity contribution in [3.05, 3.63) is 48.0 Å². The fraction of sp³-hybridized carbons (Fsp3) is 0.250. The van der Waals surface area contributed by atoms with Crippen molar-refractivity contribution < 1.29 is 22.6 Å². The van der Waals surface area contributed by atoms with E-state index in [2.05, 4.69) is 4.98 Å². The highest BCUT2D eigenvalue weighted by Gasteiger charge is 2.34. The van der Waals surface area contributed by atoms with Crippen LogP contribution in [0, 0.1) is 0 Å². The fourth-order valence-corrected chi connectivity index (χ4v) is 4.98. The number of anilines is 1. The molecule has 1 aliphatic rings. The summed E-state index contributed by atoms with van der Waals surface area (Å²) < 4.78 is 43.8. The average Bonchev–Trinajstić information content (AvgIpc) is 3.14. The van der Waals surface area contributed by atoms with Crippen molar-refractivity contribution in [3.63, 3.8) is 0 Å². The first kappa shape index (κ1) is 18.4. The van der Waals surface area contributed by atoms with Crippen molar-refractivity contribution in [2.45, 2.75) is 11.3 Å². The molecule has 3 aromatic rings. The monoisotopic (exact) mass is 400 g/mol. The Kier molecular flexibility index (Phi) is 4.50. The summed E-state index contributed by atoms with van der Waals surface area (Å²) in [7, 11) is 0.727. The van der Waals surface area contributed by atoms with Gasteiger partial charge in [0.05, 0.1) is 26.8 Å². The first-order valence-electron chi connectivity index (χ1n) is 8.70. The van der Waals surface area contributed by atoms with Crippen LogP contribution in [0.3, 0.4) is 0 Å². The van der Waals surface area contributed by atoms with Gasteiger partial charge in [-0.3, -0.25) is 0 Å². The first-order chi connectivity index (χ1) is 13.5. The number of aromatic nitrogens is 1. The zero-order chi connectivity index (χ0) is 19.9. The summed E-state index contributed by atoms with van der Waals surface area (Å²) in [6.07, 6.45) is 0.590. The Hall–Kier alpha value is -3.00. The van der Waals surface area contributed by atoms with E-state index in [1.165, 1.54) is 24.6 Å². The van der Waals surface area contributed by atoms with Crippen LogP contribution >= 0.6 is 0 Å². The van der Waals surface area contributed by atoms with Crippen LogP contribution in [0.5, 0.6) is 17.2 Å². The number of benzene rings is 2. The molecular formula is C20H20N2O5S. The van der Waals surface area contributed by atoms with Crippen molar-refractivity contribution in [3.8, 4) is 17.2 Å². The minimum Gasteiger partial charge on any atom is -0.497 e. The summed E-state index contributed by atoms with van der Waals surface area (Å²) in [6, 6.07) is 12.2. The van der Waals surface area contributed by atoms with Crippen LogP contribution in [0.1, 0.15) is 5.56 Å². The topological polar surface area (TPSA) is 78.0 Å². The van der Waals surface area contributed by atoms with Gasteiger partial charge in [-0.1, -0.05) is 0 Å². The van der Waals surface area contributed by atoms with E-state index >= 15 is 0 Å². The van der Waals surface area contributed by atoms with Crippen molar-refractivity contribution >= 4 is 26.7 Å². The van der Waals surface area contributed by atoms with Gasteiger partial charge in [0.2, 0.25) is 0 Å². The van der Waals surface area contributed by atoms with Crippen molar-refractivity contribution in [1.82, 2.24) is 4.98 Å². The van der Waals surface area contributed by atoms with Gasteiger partial charge < -0.3 is 14.2 Å². The summed E-state index contributed by atoms with van der Waals surface area (Å²) in [6.45, 7) is 0.327. The van der Waals surface area contributed by atoms with E-state index in [1.54, 1.807) is 19.2 Å². The highest BCUT2D eigenvalue weighted by molar-refractivity contribution is 7.93. The van der Waals surface area contributed by atoms with Crippen LogP contribution in [0.4, 0.5) is 5.82 Å². The smallest absolute Gasteiger partial charge is 0.269 e. The second-order valence-corrected chi connectivity index (χ2v) is 8.20. The molecule has 0 aliphatic carbocycles. The predicted octanol–water partition coefficient (Wildman–Crippen LogP) is 3.01. The maximum atomic E-state index is 13.4. The molecule has 0 fully saturated rings. The first-order valence-corrected chi connectivity index (χ1v) is 10.1. The van der Waals surface area contributed by atoms with Gasteiger partial charge in [0.1, 0.15) is 28.0 Å². The van der Waals surface area contributed by atoms with Crippen molar-refractivity contribution in [1.29, 1.82) is 0 Å². The maximum Gasteiger partial charge on any atom is 0.269 e. The van der Waals surface area contributed by atoms with Crippen molar-refractivity contribution in [2.75, 3.05) is 32.2 Å². The molecule has 8 heteroatoms. The number of sulfonamides is 1. The third-order valence-electron chi connectivity index (χ3n) is 4.84. The molecule has 146 valence electrons. The lowest BCUT2D eigenvalue weighted by Gasteiger charge is -2.20. The summed E-state index contributed by atoms with van der Waals surface area (Å²) in [5.41, 5.74) is 1.60. The van der Waals surface area contributed by atoms with Crippen LogP contribution < -0.4 is 18.5 Å². The Morgan fingerprint density at radius 1 is 0.929 bits per heavy atom. The van der Waals surface area contributed by atoms with Crippen LogP contribution in [-0.2, 0) is 16.4 Å². The minimum absolute atomic E-state index is 0.0836. The Balaban J connectivity index is 1.81. The summed E-state index contributed by atoms with van der Waals surface area (Å²) >= 11 is 0. The molecule has 2 heterocycles. The summed E-state index contributed by atoms with van der Waals surface area (Å²) in [4.78, 5) is 4.70. The average molecular weight is 400 g/mol. The molecular weight excluding hydrogens is 380 g/mol. The van der Waals surface area contributed by atoms with Gasteiger partial charge in [0.25, 0.3) is 10.0 Å². The van der Waals surface area contributed by atoms with Crippen LogP contribution in [-0.4, -0.2) is 41.3 Å². The zero-order valence-electron chi connectivity index (χ0n) is 15.8. The van der Waals surface area contributed by atoms with Gasteiger partial charge in [-0.15, -0.1) is 0 Å².